The van der Waals surface area contributed by atoms with Gasteiger partial charge in [0, 0.05) is 19.7 Å². The summed E-state index contributed by atoms with van der Waals surface area (Å²) in [6.45, 7) is 2.85. The third-order valence-electron chi connectivity index (χ3n) is 3.26. The molecule has 96 valence electrons. The average Bonchev–Trinajstić information content (AvgIpc) is 2.75. The molecule has 0 aliphatic carbocycles. The third kappa shape index (κ3) is 2.76. The number of nitrogens with zero attached hydrogens (tertiary/aromatic N) is 1. The minimum atomic E-state index is -0.480. The molecule has 1 atom stereocenters. The van der Waals surface area contributed by atoms with E-state index < -0.39 is 5.97 Å². The maximum Gasteiger partial charge on any atom is 0.315 e. The van der Waals surface area contributed by atoms with Crippen molar-refractivity contribution in [2.75, 3.05) is 33.4 Å². The normalized spacial score (nSPS) is 24.2. The first-order valence-electron chi connectivity index (χ1n) is 5.89. The Kier molecular flexibility index (Phi) is 3.96. The predicted octanol–water partition coefficient (Wildman–Crippen LogP) is -0.861. The van der Waals surface area contributed by atoms with Crippen molar-refractivity contribution in [2.24, 2.45) is 0 Å². The lowest BCUT2D eigenvalue weighted by molar-refractivity contribution is -0.149. The number of rotatable bonds is 4. The number of esters is 1. The first-order valence-corrected chi connectivity index (χ1v) is 5.89. The number of ether oxygens (including phenoxy) is 2. The summed E-state index contributed by atoms with van der Waals surface area (Å²) in [4.78, 5) is 25.0. The van der Waals surface area contributed by atoms with Gasteiger partial charge in [0.1, 0.15) is 6.42 Å². The molecule has 2 aliphatic heterocycles. The van der Waals surface area contributed by atoms with E-state index in [2.05, 4.69) is 10.1 Å². The zero-order valence-corrected chi connectivity index (χ0v) is 9.98. The van der Waals surface area contributed by atoms with Crippen LogP contribution in [0.25, 0.3) is 0 Å². The molecule has 1 amide bonds. The second-order valence-electron chi connectivity index (χ2n) is 4.38. The lowest BCUT2D eigenvalue weighted by Gasteiger charge is -2.41. The number of hydrogen-bond donors (Lipinski definition) is 1. The van der Waals surface area contributed by atoms with E-state index in [4.69, 9.17) is 4.74 Å². The standard InChI is InChI=1S/C11H18N2O4/c1-16-11(15)4-10(14)13(9-5-12-6-9)8-2-3-17-7-8/h8-9,12H,2-7H2,1H3. The lowest BCUT2D eigenvalue weighted by Crippen LogP contribution is -2.62. The molecule has 6 heteroatoms. The molecule has 0 aromatic carbocycles. The smallest absolute Gasteiger partial charge is 0.315 e. The highest BCUT2D eigenvalue weighted by Crippen LogP contribution is 2.19. The molecule has 2 rings (SSSR count). The molecular formula is C11H18N2O4. The minimum absolute atomic E-state index is 0.110. The van der Waals surface area contributed by atoms with Crippen LogP contribution in [0.1, 0.15) is 12.8 Å². The molecule has 1 N–H and O–H groups in total. The summed E-state index contributed by atoms with van der Waals surface area (Å²) in [6, 6.07) is 0.304. The van der Waals surface area contributed by atoms with Crippen LogP contribution in [-0.2, 0) is 19.1 Å². The Morgan fingerprint density at radius 1 is 1.41 bits per heavy atom. The van der Waals surface area contributed by atoms with Crippen molar-refractivity contribution in [3.8, 4) is 0 Å². The fourth-order valence-corrected chi connectivity index (χ4v) is 2.20. The van der Waals surface area contributed by atoms with Crippen LogP contribution >= 0.6 is 0 Å². The lowest BCUT2D eigenvalue weighted by atomic mass is 10.1. The average molecular weight is 242 g/mol. The summed E-state index contributed by atoms with van der Waals surface area (Å²) in [5, 5.41) is 3.14. The van der Waals surface area contributed by atoms with Crippen LogP contribution in [0.5, 0.6) is 0 Å². The number of methoxy groups -OCH3 is 1. The molecule has 1 unspecified atom stereocenters. The zero-order chi connectivity index (χ0) is 12.3. The van der Waals surface area contributed by atoms with Gasteiger partial charge in [0.15, 0.2) is 0 Å². The molecular weight excluding hydrogens is 224 g/mol. The van der Waals surface area contributed by atoms with E-state index in [1.165, 1.54) is 7.11 Å². The van der Waals surface area contributed by atoms with Crippen molar-refractivity contribution in [3.63, 3.8) is 0 Å². The quantitative estimate of drug-likeness (QED) is 0.513. The monoisotopic (exact) mass is 242 g/mol. The van der Waals surface area contributed by atoms with Gasteiger partial charge in [0.2, 0.25) is 5.91 Å². The van der Waals surface area contributed by atoms with E-state index in [-0.39, 0.29) is 24.4 Å². The second-order valence-corrected chi connectivity index (χ2v) is 4.38. The van der Waals surface area contributed by atoms with Crippen LogP contribution in [0.3, 0.4) is 0 Å². The minimum Gasteiger partial charge on any atom is -0.469 e. The van der Waals surface area contributed by atoms with Crippen molar-refractivity contribution < 1.29 is 19.1 Å². The van der Waals surface area contributed by atoms with Gasteiger partial charge in [-0.1, -0.05) is 0 Å². The first-order chi connectivity index (χ1) is 8.22. The number of carbonyl (C=O) groups excluding carboxylic acids is 2. The Labute approximate surface area is 100 Å². The molecule has 6 nitrogen and oxygen atoms in total. The van der Waals surface area contributed by atoms with E-state index in [1.807, 2.05) is 0 Å². The van der Waals surface area contributed by atoms with Gasteiger partial charge in [-0.05, 0) is 6.42 Å². The molecule has 17 heavy (non-hydrogen) atoms. The van der Waals surface area contributed by atoms with Gasteiger partial charge in [0.05, 0.1) is 25.8 Å². The summed E-state index contributed by atoms with van der Waals surface area (Å²) >= 11 is 0. The zero-order valence-electron chi connectivity index (χ0n) is 9.98. The highest BCUT2D eigenvalue weighted by atomic mass is 16.5. The molecule has 0 radical (unpaired) electrons. The van der Waals surface area contributed by atoms with E-state index in [0.717, 1.165) is 19.5 Å². The van der Waals surface area contributed by atoms with Gasteiger partial charge in [-0.3, -0.25) is 9.59 Å². The Morgan fingerprint density at radius 3 is 2.65 bits per heavy atom. The van der Waals surface area contributed by atoms with E-state index in [0.29, 0.717) is 13.2 Å². The van der Waals surface area contributed by atoms with Crippen LogP contribution in [0.2, 0.25) is 0 Å². The number of hydrogen-bond acceptors (Lipinski definition) is 5. The fraction of sp³-hybridized carbons (Fsp3) is 0.818. The van der Waals surface area contributed by atoms with Crippen molar-refractivity contribution >= 4 is 11.9 Å². The Morgan fingerprint density at radius 2 is 2.18 bits per heavy atom. The largest absolute Gasteiger partial charge is 0.469 e. The van der Waals surface area contributed by atoms with Gasteiger partial charge in [0.25, 0.3) is 0 Å². The molecule has 0 aromatic rings. The van der Waals surface area contributed by atoms with Crippen molar-refractivity contribution in [1.29, 1.82) is 0 Å². The van der Waals surface area contributed by atoms with Crippen molar-refractivity contribution in [2.45, 2.75) is 24.9 Å². The highest BCUT2D eigenvalue weighted by Gasteiger charge is 2.36. The Bertz CT molecular complexity index is 298. The van der Waals surface area contributed by atoms with Crippen molar-refractivity contribution in [3.05, 3.63) is 0 Å². The SMILES string of the molecule is COC(=O)CC(=O)N(C1CNC1)C1CCOC1. The molecule has 0 aromatic heterocycles. The van der Waals surface area contributed by atoms with Gasteiger partial charge >= 0.3 is 5.97 Å². The van der Waals surface area contributed by atoms with E-state index >= 15 is 0 Å². The van der Waals surface area contributed by atoms with Crippen LogP contribution in [-0.4, -0.2) is 62.3 Å². The first kappa shape index (κ1) is 12.3. The van der Waals surface area contributed by atoms with Crippen LogP contribution in [0.4, 0.5) is 0 Å². The maximum atomic E-state index is 12.1. The summed E-state index contributed by atoms with van der Waals surface area (Å²) in [7, 11) is 1.30. The summed E-state index contributed by atoms with van der Waals surface area (Å²) < 4.78 is 9.84. The molecule has 0 bridgehead atoms. The molecule has 2 aliphatic rings. The number of amides is 1. The summed E-state index contributed by atoms with van der Waals surface area (Å²) in [6.07, 6.45) is 0.674. The highest BCUT2D eigenvalue weighted by molar-refractivity contribution is 5.94. The summed E-state index contributed by atoms with van der Waals surface area (Å²) in [5.41, 5.74) is 0. The maximum absolute atomic E-state index is 12.1. The van der Waals surface area contributed by atoms with Gasteiger partial charge in [-0.25, -0.2) is 0 Å². The molecule has 2 heterocycles. The van der Waals surface area contributed by atoms with E-state index in [9.17, 15) is 9.59 Å². The Balaban J connectivity index is 1.98. The molecule has 2 fully saturated rings. The predicted molar refractivity (Wildman–Crippen MR) is 59.4 cm³/mol. The molecule has 0 spiro atoms. The molecule has 2 saturated heterocycles. The third-order valence-corrected chi connectivity index (χ3v) is 3.26. The van der Waals surface area contributed by atoms with Gasteiger partial charge in [-0.15, -0.1) is 0 Å². The van der Waals surface area contributed by atoms with E-state index in [1.54, 1.807) is 4.90 Å². The molecule has 0 saturated carbocycles. The van der Waals surface area contributed by atoms with Gasteiger partial charge < -0.3 is 19.7 Å². The topological polar surface area (TPSA) is 67.9 Å². The second kappa shape index (κ2) is 5.46. The van der Waals surface area contributed by atoms with Crippen LogP contribution in [0, 0.1) is 0 Å². The fourth-order valence-electron chi connectivity index (χ4n) is 2.20. The van der Waals surface area contributed by atoms with Crippen LogP contribution in [0.15, 0.2) is 0 Å². The number of nitrogens with one attached hydrogen (secondary N) is 1. The van der Waals surface area contributed by atoms with Crippen molar-refractivity contribution in [1.82, 2.24) is 10.2 Å². The Hall–Kier alpha value is -1.14. The van der Waals surface area contributed by atoms with Crippen LogP contribution < -0.4 is 5.32 Å². The summed E-state index contributed by atoms with van der Waals surface area (Å²) in [5.74, 6) is -0.634. The number of carbonyl (C=O) groups is 2. The van der Waals surface area contributed by atoms with Gasteiger partial charge in [-0.2, -0.15) is 0 Å².